The van der Waals surface area contributed by atoms with Crippen LogP contribution >= 0.6 is 0 Å². The van der Waals surface area contributed by atoms with Crippen molar-refractivity contribution in [1.82, 2.24) is 5.48 Å². The van der Waals surface area contributed by atoms with Crippen molar-refractivity contribution >= 4 is 0 Å². The van der Waals surface area contributed by atoms with E-state index in [1.165, 1.54) is 0 Å². The van der Waals surface area contributed by atoms with E-state index in [4.69, 9.17) is 0 Å². The van der Waals surface area contributed by atoms with E-state index in [0.717, 1.165) is 0 Å². The van der Waals surface area contributed by atoms with Crippen molar-refractivity contribution in [3.8, 4) is 0 Å². The number of nitrogens with one attached hydrogen (secondary N) is 1. The second-order valence-electron chi connectivity index (χ2n) is 0.408. The molecule has 0 spiro atoms. The van der Waals surface area contributed by atoms with Gasteiger partial charge in [-0.15, -0.1) is 0 Å². The molecule has 0 amide bonds. The molecule has 0 rings (SSSR count). The summed E-state index contributed by atoms with van der Waals surface area (Å²) in [5.41, 5.74) is 2.43. The van der Waals surface area contributed by atoms with Gasteiger partial charge >= 0.3 is 0 Å². The SMILES string of the molecule is CNOC.[Pt]. The fourth-order valence-electron chi connectivity index (χ4n) is 0. The average molecular weight is 256 g/mol. The summed E-state index contributed by atoms with van der Waals surface area (Å²) < 4.78 is 0. The molecule has 0 aromatic carbocycles. The zero-order chi connectivity index (χ0) is 3.41. The Morgan fingerprint density at radius 3 is 1.80 bits per heavy atom. The number of hydrogen-bond donors (Lipinski definition) is 1. The van der Waals surface area contributed by atoms with Crippen LogP contribution in [-0.2, 0) is 25.9 Å². The Bertz CT molecular complexity index is 11.6. The first kappa shape index (κ1) is 9.15. The Morgan fingerprint density at radius 1 is 1.60 bits per heavy atom. The topological polar surface area (TPSA) is 21.3 Å². The van der Waals surface area contributed by atoms with Gasteiger partial charge in [0.25, 0.3) is 0 Å². The minimum Gasteiger partial charge on any atom is -0.305 e. The van der Waals surface area contributed by atoms with Crippen molar-refractivity contribution < 1.29 is 25.9 Å². The Morgan fingerprint density at radius 2 is 1.80 bits per heavy atom. The molecule has 0 saturated heterocycles. The van der Waals surface area contributed by atoms with E-state index >= 15 is 0 Å². The molecule has 0 aliphatic carbocycles. The summed E-state index contributed by atoms with van der Waals surface area (Å²) in [6, 6.07) is 0. The standard InChI is InChI=1S/C2H7NO.Pt/c1-3-4-2;/h3H,1-2H3;. The van der Waals surface area contributed by atoms with E-state index in [2.05, 4.69) is 10.3 Å². The van der Waals surface area contributed by atoms with Gasteiger partial charge in [-0.1, -0.05) is 0 Å². The summed E-state index contributed by atoms with van der Waals surface area (Å²) in [6.07, 6.45) is 0. The van der Waals surface area contributed by atoms with Crippen LogP contribution in [0.5, 0.6) is 0 Å². The third-order valence-corrected chi connectivity index (χ3v) is 0.204. The van der Waals surface area contributed by atoms with E-state index in [-0.39, 0.29) is 21.1 Å². The van der Waals surface area contributed by atoms with Crippen LogP contribution in [0.4, 0.5) is 0 Å². The van der Waals surface area contributed by atoms with Crippen molar-refractivity contribution in [1.29, 1.82) is 0 Å². The zero-order valence-corrected chi connectivity index (χ0v) is 5.50. The van der Waals surface area contributed by atoms with E-state index in [0.29, 0.717) is 0 Å². The zero-order valence-electron chi connectivity index (χ0n) is 3.22. The minimum atomic E-state index is 0. The molecule has 0 aromatic rings. The van der Waals surface area contributed by atoms with Crippen LogP contribution in [0.2, 0.25) is 0 Å². The van der Waals surface area contributed by atoms with Crippen LogP contribution in [0.3, 0.4) is 0 Å². The van der Waals surface area contributed by atoms with Gasteiger partial charge in [0, 0.05) is 28.1 Å². The van der Waals surface area contributed by atoms with Gasteiger partial charge in [0.15, 0.2) is 0 Å². The molecule has 0 fully saturated rings. The molecule has 0 aliphatic rings. The molecule has 0 radical (unpaired) electrons. The molecule has 0 saturated carbocycles. The predicted octanol–water partition coefficient (Wildman–Crippen LogP) is -0.235. The van der Waals surface area contributed by atoms with Crippen LogP contribution in [0.25, 0.3) is 0 Å². The van der Waals surface area contributed by atoms with E-state index in [9.17, 15) is 0 Å². The Labute approximate surface area is 46.1 Å². The van der Waals surface area contributed by atoms with Gasteiger partial charge in [-0.05, 0) is 0 Å². The molecule has 0 unspecified atom stereocenters. The smallest absolute Gasteiger partial charge is 0.0572 e. The summed E-state index contributed by atoms with van der Waals surface area (Å²) in [7, 11) is 3.28. The first-order chi connectivity index (χ1) is 1.91. The average Bonchev–Trinajstić information content (AvgIpc) is 1.37. The van der Waals surface area contributed by atoms with Gasteiger partial charge in [0.1, 0.15) is 0 Å². The molecule has 0 aliphatic heterocycles. The molecule has 0 bridgehead atoms. The summed E-state index contributed by atoms with van der Waals surface area (Å²) in [4.78, 5) is 4.29. The van der Waals surface area contributed by atoms with E-state index in [1.807, 2.05) is 0 Å². The van der Waals surface area contributed by atoms with Gasteiger partial charge in [-0.25, -0.2) is 5.48 Å². The first-order valence-electron chi connectivity index (χ1n) is 1.11. The molecule has 36 valence electrons. The molecule has 0 aromatic heterocycles. The molecular weight excluding hydrogens is 249 g/mol. The maximum atomic E-state index is 4.29. The van der Waals surface area contributed by atoms with E-state index < -0.39 is 0 Å². The van der Waals surface area contributed by atoms with Crippen LogP contribution in [0.1, 0.15) is 0 Å². The van der Waals surface area contributed by atoms with Gasteiger partial charge in [0.2, 0.25) is 0 Å². The number of rotatable bonds is 1. The summed E-state index contributed by atoms with van der Waals surface area (Å²) >= 11 is 0. The Hall–Kier alpha value is 0.608. The second-order valence-corrected chi connectivity index (χ2v) is 0.408. The largest absolute Gasteiger partial charge is 0.305 e. The number of hydroxylamine groups is 1. The van der Waals surface area contributed by atoms with E-state index in [1.54, 1.807) is 14.2 Å². The van der Waals surface area contributed by atoms with Crippen LogP contribution in [0, 0.1) is 0 Å². The fraction of sp³-hybridized carbons (Fsp3) is 1.00. The molecule has 1 N–H and O–H groups in total. The summed E-state index contributed by atoms with van der Waals surface area (Å²) in [5.74, 6) is 0. The maximum Gasteiger partial charge on any atom is 0.0572 e. The monoisotopic (exact) mass is 256 g/mol. The third-order valence-electron chi connectivity index (χ3n) is 0.204. The molecule has 2 nitrogen and oxygen atoms in total. The van der Waals surface area contributed by atoms with Crippen molar-refractivity contribution in [2.45, 2.75) is 0 Å². The summed E-state index contributed by atoms with van der Waals surface area (Å²) in [6.45, 7) is 0. The van der Waals surface area contributed by atoms with Crippen molar-refractivity contribution in [2.24, 2.45) is 0 Å². The third kappa shape index (κ3) is 12.1. The predicted molar refractivity (Wildman–Crippen MR) is 16.1 cm³/mol. The van der Waals surface area contributed by atoms with Gasteiger partial charge in [-0.2, -0.15) is 0 Å². The molecule has 5 heavy (non-hydrogen) atoms. The van der Waals surface area contributed by atoms with Crippen molar-refractivity contribution in [3.05, 3.63) is 0 Å². The maximum absolute atomic E-state index is 4.29. The molecule has 3 heteroatoms. The Kier molecular flexibility index (Phi) is 16.1. The second kappa shape index (κ2) is 8.82. The van der Waals surface area contributed by atoms with Crippen LogP contribution < -0.4 is 5.48 Å². The van der Waals surface area contributed by atoms with Crippen molar-refractivity contribution in [3.63, 3.8) is 0 Å². The van der Waals surface area contributed by atoms with Crippen LogP contribution in [0.15, 0.2) is 0 Å². The van der Waals surface area contributed by atoms with Gasteiger partial charge < -0.3 is 4.84 Å². The van der Waals surface area contributed by atoms with Gasteiger partial charge in [-0.3, -0.25) is 0 Å². The fourth-order valence-corrected chi connectivity index (χ4v) is 0. The summed E-state index contributed by atoms with van der Waals surface area (Å²) in [5, 5.41) is 0. The Balaban J connectivity index is 0. The minimum absolute atomic E-state index is 0. The molecular formula is C2H7NOPt. The quantitative estimate of drug-likeness (QED) is 0.654. The number of hydrogen-bond acceptors (Lipinski definition) is 2. The normalized spacial score (nSPS) is 6.00. The molecule has 0 heterocycles. The van der Waals surface area contributed by atoms with Crippen LogP contribution in [-0.4, -0.2) is 14.2 Å². The molecule has 0 atom stereocenters. The first-order valence-corrected chi connectivity index (χ1v) is 1.11. The van der Waals surface area contributed by atoms with Gasteiger partial charge in [0.05, 0.1) is 7.11 Å². The van der Waals surface area contributed by atoms with Crippen molar-refractivity contribution in [2.75, 3.05) is 14.2 Å².